The lowest BCUT2D eigenvalue weighted by atomic mass is 10.1. The summed E-state index contributed by atoms with van der Waals surface area (Å²) in [5, 5.41) is 13.1. The van der Waals surface area contributed by atoms with Crippen LogP contribution in [0.25, 0.3) is 16.9 Å². The Balaban J connectivity index is 1.65. The van der Waals surface area contributed by atoms with Gasteiger partial charge in [0.15, 0.2) is 5.76 Å². The molecule has 2 aromatic heterocycles. The Hall–Kier alpha value is -4.00. The topological polar surface area (TPSA) is 85.3 Å². The van der Waals surface area contributed by atoms with Crippen molar-refractivity contribution in [2.45, 2.75) is 0 Å². The van der Waals surface area contributed by atoms with Crippen LogP contribution in [0.15, 0.2) is 88.6 Å². The Kier molecular flexibility index (Phi) is 4.57. The molecule has 0 aliphatic heterocycles. The molecule has 0 aliphatic carbocycles. The van der Waals surface area contributed by atoms with Crippen LogP contribution < -0.4 is 5.43 Å². The molecule has 0 fully saturated rings. The second-order valence-corrected chi connectivity index (χ2v) is 5.60. The summed E-state index contributed by atoms with van der Waals surface area (Å²) in [6.45, 7) is 0. The van der Waals surface area contributed by atoms with E-state index in [9.17, 15) is 4.79 Å². The number of nitrogens with one attached hydrogen (secondary N) is 1. The second-order valence-electron chi connectivity index (χ2n) is 5.60. The standard InChI is InChI=1S/C20H15N5O2/c26-20(18-12-7-13-27-18)22-21-14-17-19(15-8-3-1-4-9-15)24-25(23-17)16-10-5-2-6-11-16/h1-14H,(H,22,26). The van der Waals surface area contributed by atoms with Crippen LogP contribution in [0.4, 0.5) is 0 Å². The van der Waals surface area contributed by atoms with Crippen molar-refractivity contribution in [2.75, 3.05) is 0 Å². The van der Waals surface area contributed by atoms with Crippen molar-refractivity contribution >= 4 is 12.1 Å². The summed E-state index contributed by atoms with van der Waals surface area (Å²) in [6, 6.07) is 22.5. The Labute approximate surface area is 154 Å². The number of para-hydroxylation sites is 1. The highest BCUT2D eigenvalue weighted by molar-refractivity contribution is 5.93. The number of carbonyl (C=O) groups excluding carboxylic acids is 1. The van der Waals surface area contributed by atoms with Gasteiger partial charge in [0.2, 0.25) is 0 Å². The Bertz CT molecular complexity index is 1050. The number of hydrogen-bond donors (Lipinski definition) is 1. The van der Waals surface area contributed by atoms with Gasteiger partial charge in [0.05, 0.1) is 18.2 Å². The van der Waals surface area contributed by atoms with Gasteiger partial charge in [-0.2, -0.15) is 9.90 Å². The van der Waals surface area contributed by atoms with E-state index < -0.39 is 5.91 Å². The second kappa shape index (κ2) is 7.49. The van der Waals surface area contributed by atoms with Crippen LogP contribution in [0, 0.1) is 0 Å². The maximum Gasteiger partial charge on any atom is 0.307 e. The largest absolute Gasteiger partial charge is 0.459 e. The van der Waals surface area contributed by atoms with E-state index in [4.69, 9.17) is 4.42 Å². The van der Waals surface area contributed by atoms with Crippen molar-refractivity contribution in [2.24, 2.45) is 5.10 Å². The van der Waals surface area contributed by atoms with E-state index in [-0.39, 0.29) is 5.76 Å². The number of hydrogen-bond acceptors (Lipinski definition) is 5. The Morgan fingerprint density at radius 1 is 0.963 bits per heavy atom. The molecular formula is C20H15N5O2. The van der Waals surface area contributed by atoms with E-state index in [1.54, 1.807) is 12.1 Å². The number of carbonyl (C=O) groups is 1. The van der Waals surface area contributed by atoms with Gasteiger partial charge in [-0.15, -0.1) is 10.2 Å². The molecule has 7 nitrogen and oxygen atoms in total. The van der Waals surface area contributed by atoms with E-state index in [2.05, 4.69) is 20.7 Å². The number of aromatic nitrogens is 3. The van der Waals surface area contributed by atoms with Gasteiger partial charge in [0, 0.05) is 5.56 Å². The molecule has 7 heteroatoms. The zero-order valence-corrected chi connectivity index (χ0v) is 14.2. The molecule has 4 rings (SSSR count). The minimum atomic E-state index is -0.437. The van der Waals surface area contributed by atoms with Crippen molar-refractivity contribution < 1.29 is 9.21 Å². The summed E-state index contributed by atoms with van der Waals surface area (Å²) in [5.74, 6) is -0.253. The highest BCUT2D eigenvalue weighted by atomic mass is 16.3. The van der Waals surface area contributed by atoms with Gasteiger partial charge in [-0.1, -0.05) is 48.5 Å². The smallest absolute Gasteiger partial charge is 0.307 e. The van der Waals surface area contributed by atoms with Gasteiger partial charge in [-0.25, -0.2) is 5.43 Å². The Morgan fingerprint density at radius 3 is 2.41 bits per heavy atom. The highest BCUT2D eigenvalue weighted by Gasteiger charge is 2.13. The van der Waals surface area contributed by atoms with Gasteiger partial charge in [0.25, 0.3) is 0 Å². The van der Waals surface area contributed by atoms with Crippen molar-refractivity contribution in [3.8, 4) is 16.9 Å². The fourth-order valence-electron chi connectivity index (χ4n) is 2.50. The molecule has 0 atom stereocenters. The maximum absolute atomic E-state index is 11.9. The van der Waals surface area contributed by atoms with Gasteiger partial charge < -0.3 is 4.42 Å². The van der Waals surface area contributed by atoms with E-state index >= 15 is 0 Å². The molecule has 0 spiro atoms. The third-order valence-corrected chi connectivity index (χ3v) is 3.77. The van der Waals surface area contributed by atoms with E-state index in [1.807, 2.05) is 60.7 Å². The molecule has 2 heterocycles. The van der Waals surface area contributed by atoms with Gasteiger partial charge in [-0.3, -0.25) is 4.79 Å². The van der Waals surface area contributed by atoms with Gasteiger partial charge in [-0.05, 0) is 24.3 Å². The number of benzene rings is 2. The lowest BCUT2D eigenvalue weighted by Crippen LogP contribution is -2.16. The summed E-state index contributed by atoms with van der Waals surface area (Å²) >= 11 is 0. The monoisotopic (exact) mass is 357 g/mol. The summed E-state index contributed by atoms with van der Waals surface area (Å²) < 4.78 is 5.04. The minimum Gasteiger partial charge on any atom is -0.459 e. The zero-order chi connectivity index (χ0) is 18.5. The fourth-order valence-corrected chi connectivity index (χ4v) is 2.50. The molecule has 27 heavy (non-hydrogen) atoms. The molecular weight excluding hydrogens is 342 g/mol. The molecule has 0 bridgehead atoms. The predicted molar refractivity (Wildman–Crippen MR) is 101 cm³/mol. The first-order valence-electron chi connectivity index (χ1n) is 8.26. The van der Waals surface area contributed by atoms with Crippen LogP contribution in [-0.2, 0) is 0 Å². The first-order valence-corrected chi connectivity index (χ1v) is 8.26. The number of furan rings is 1. The molecule has 1 N–H and O–H groups in total. The third kappa shape index (κ3) is 3.67. The summed E-state index contributed by atoms with van der Waals surface area (Å²) in [4.78, 5) is 13.5. The molecule has 0 saturated carbocycles. The normalized spacial score (nSPS) is 11.0. The van der Waals surface area contributed by atoms with Crippen LogP contribution in [0.2, 0.25) is 0 Å². The van der Waals surface area contributed by atoms with Crippen molar-refractivity contribution in [3.05, 3.63) is 90.5 Å². The number of amides is 1. The molecule has 0 radical (unpaired) electrons. The van der Waals surface area contributed by atoms with E-state index in [0.717, 1.165) is 11.3 Å². The van der Waals surface area contributed by atoms with E-state index in [1.165, 1.54) is 17.3 Å². The zero-order valence-electron chi connectivity index (χ0n) is 14.2. The number of hydrazone groups is 1. The molecule has 4 aromatic rings. The van der Waals surface area contributed by atoms with Crippen LogP contribution in [-0.4, -0.2) is 27.1 Å². The number of nitrogens with zero attached hydrogens (tertiary/aromatic N) is 4. The average molecular weight is 357 g/mol. The number of rotatable bonds is 5. The first-order chi connectivity index (χ1) is 13.3. The molecule has 0 aliphatic rings. The maximum atomic E-state index is 11.9. The summed E-state index contributed by atoms with van der Waals surface area (Å²) in [7, 11) is 0. The molecule has 2 aromatic carbocycles. The highest BCUT2D eigenvalue weighted by Crippen LogP contribution is 2.20. The van der Waals surface area contributed by atoms with Gasteiger partial charge in [0.1, 0.15) is 11.4 Å². The molecule has 132 valence electrons. The minimum absolute atomic E-state index is 0.184. The quantitative estimate of drug-likeness (QED) is 0.439. The fraction of sp³-hybridized carbons (Fsp3) is 0. The molecule has 1 amide bonds. The average Bonchev–Trinajstić information content (AvgIpc) is 3.40. The summed E-state index contributed by atoms with van der Waals surface area (Å²) in [6.07, 6.45) is 2.90. The van der Waals surface area contributed by atoms with E-state index in [0.29, 0.717) is 11.4 Å². The first kappa shape index (κ1) is 16.5. The molecule has 0 saturated heterocycles. The Morgan fingerprint density at radius 2 is 1.70 bits per heavy atom. The van der Waals surface area contributed by atoms with Crippen LogP contribution >= 0.6 is 0 Å². The predicted octanol–water partition coefficient (Wildman–Crippen LogP) is 3.29. The van der Waals surface area contributed by atoms with Gasteiger partial charge >= 0.3 is 5.91 Å². The van der Waals surface area contributed by atoms with Crippen molar-refractivity contribution in [3.63, 3.8) is 0 Å². The SMILES string of the molecule is O=C(NN=Cc1nn(-c2ccccc2)nc1-c1ccccc1)c1ccco1. The lowest BCUT2D eigenvalue weighted by molar-refractivity contribution is 0.0927. The third-order valence-electron chi connectivity index (χ3n) is 3.77. The van der Waals surface area contributed by atoms with Crippen LogP contribution in [0.3, 0.4) is 0 Å². The summed E-state index contributed by atoms with van der Waals surface area (Å²) in [5.41, 5.74) is 5.34. The van der Waals surface area contributed by atoms with Crippen LogP contribution in [0.5, 0.6) is 0 Å². The van der Waals surface area contributed by atoms with Crippen LogP contribution in [0.1, 0.15) is 16.2 Å². The van der Waals surface area contributed by atoms with Crippen molar-refractivity contribution in [1.82, 2.24) is 20.4 Å². The lowest BCUT2D eigenvalue weighted by Gasteiger charge is -1.97. The molecule has 0 unspecified atom stereocenters. The van der Waals surface area contributed by atoms with Crippen molar-refractivity contribution in [1.29, 1.82) is 0 Å².